The van der Waals surface area contributed by atoms with Gasteiger partial charge in [0.05, 0.1) is 6.61 Å². The molecule has 0 radical (unpaired) electrons. The Morgan fingerprint density at radius 2 is 1.74 bits per heavy atom. The van der Waals surface area contributed by atoms with Crippen LogP contribution in [0.5, 0.6) is 5.75 Å². The van der Waals surface area contributed by atoms with Crippen molar-refractivity contribution in [1.29, 1.82) is 0 Å². The highest BCUT2D eigenvalue weighted by atomic mass is 32.2. The van der Waals surface area contributed by atoms with Gasteiger partial charge in [-0.25, -0.2) is 0 Å². The number of fused-ring (bicyclic) bond motifs is 2. The zero-order valence-electron chi connectivity index (χ0n) is 20.5. The molecule has 1 N–H and O–H groups in total. The van der Waals surface area contributed by atoms with Crippen molar-refractivity contribution in [3.05, 3.63) is 28.8 Å². The molecule has 0 amide bonds. The van der Waals surface area contributed by atoms with E-state index >= 15 is 0 Å². The Hall–Kier alpha value is -1.00. The van der Waals surface area contributed by atoms with Crippen LogP contribution in [-0.4, -0.2) is 36.5 Å². The fraction of sp³-hybridized carbons (Fsp3) is 0.760. The predicted octanol–water partition coefficient (Wildman–Crippen LogP) is 7.59. The molecule has 4 atom stereocenters. The highest BCUT2D eigenvalue weighted by Crippen LogP contribution is 2.58. The molecular weight excluding hydrogens is 504 g/mol. The Labute approximate surface area is 210 Å². The van der Waals surface area contributed by atoms with Crippen LogP contribution in [0.1, 0.15) is 80.2 Å². The van der Waals surface area contributed by atoms with Gasteiger partial charge in [0.15, 0.2) is 0 Å². The van der Waals surface area contributed by atoms with Gasteiger partial charge in [0, 0.05) is 11.2 Å². The molecule has 35 heavy (non-hydrogen) atoms. The van der Waals surface area contributed by atoms with E-state index in [0.29, 0.717) is 18.1 Å². The minimum Gasteiger partial charge on any atom is -0.493 e. The number of thioether (sulfide) groups is 1. The summed E-state index contributed by atoms with van der Waals surface area (Å²) in [4.78, 5) is 0. The zero-order chi connectivity index (χ0) is 26.0. The molecule has 0 spiro atoms. The lowest BCUT2D eigenvalue weighted by molar-refractivity contribution is -0.202. The number of rotatable bonds is 8. The molecule has 3 fully saturated rings. The van der Waals surface area contributed by atoms with Crippen LogP contribution in [0, 0.1) is 31.6 Å². The van der Waals surface area contributed by atoms with Gasteiger partial charge in [0.2, 0.25) is 0 Å². The summed E-state index contributed by atoms with van der Waals surface area (Å²) < 4.78 is 88.3. The molecule has 1 heterocycles. The quantitative estimate of drug-likeness (QED) is 0.209. The summed E-state index contributed by atoms with van der Waals surface area (Å²) >= 11 is 2.10. The number of alkyl halides is 4. The first-order valence-electron chi connectivity index (χ1n) is 12.4. The molecule has 2 saturated carbocycles. The maximum atomic E-state index is 13.6. The summed E-state index contributed by atoms with van der Waals surface area (Å²) in [5.41, 5.74) is 4.09. The molecule has 1 aromatic carbocycles. The van der Waals surface area contributed by atoms with Gasteiger partial charge in [0.25, 0.3) is 0 Å². The second-order valence-electron chi connectivity index (χ2n) is 10.1. The number of hydrogen-bond acceptors (Lipinski definition) is 4. The minimum absolute atomic E-state index is 0.0203. The van der Waals surface area contributed by atoms with Crippen molar-refractivity contribution < 1.29 is 35.3 Å². The van der Waals surface area contributed by atoms with E-state index in [9.17, 15) is 26.0 Å². The Morgan fingerprint density at radius 1 is 1.09 bits per heavy atom. The van der Waals surface area contributed by atoms with Gasteiger partial charge in [0.1, 0.15) is 5.75 Å². The van der Waals surface area contributed by atoms with Crippen molar-refractivity contribution in [2.75, 3.05) is 12.4 Å². The fourth-order valence-corrected chi connectivity index (χ4v) is 7.41. The summed E-state index contributed by atoms with van der Waals surface area (Å²) in [5.74, 6) is -4.53. The smallest absolute Gasteiger partial charge is 0.431 e. The maximum absolute atomic E-state index is 13.6. The van der Waals surface area contributed by atoms with Gasteiger partial charge in [-0.3, -0.25) is 4.55 Å². The Bertz CT molecular complexity index is 955. The molecule has 200 valence electrons. The fourth-order valence-electron chi connectivity index (χ4n) is 5.63. The normalized spacial score (nSPS) is 26.5. The van der Waals surface area contributed by atoms with E-state index in [-0.39, 0.29) is 12.3 Å². The zero-order valence-corrected chi connectivity index (χ0v) is 22.2. The molecule has 1 saturated heterocycles. The van der Waals surface area contributed by atoms with Crippen LogP contribution in [-0.2, 0) is 10.1 Å². The molecule has 0 aromatic heterocycles. The van der Waals surface area contributed by atoms with Crippen LogP contribution >= 0.6 is 11.8 Å². The van der Waals surface area contributed by atoms with Crippen LogP contribution in [0.2, 0.25) is 0 Å². The number of ether oxygens (including phenoxy) is 1. The molecule has 4 unspecified atom stereocenters. The maximum Gasteiger partial charge on any atom is 0.431 e. The van der Waals surface area contributed by atoms with Crippen LogP contribution in [0.25, 0.3) is 0 Å². The number of hydrogen-bond donors (Lipinski definition) is 1. The standard InChI is InChI=1S/C16H24OS.C9H12F4O3S/c1-4-5-8-17-16-12(2)10-14(11-13(16)3)15-7-6-9-18-15;10-8(11,9(12,13)17(14,15)16)7-4-5-1-2-6(7)3-5/h10-11,15H,4-9H2,1-3H3;5-7H,1-4H2,(H,14,15,16). The van der Waals surface area contributed by atoms with Gasteiger partial charge in [-0.2, -0.15) is 37.7 Å². The van der Waals surface area contributed by atoms with Gasteiger partial charge in [-0.15, -0.1) is 0 Å². The Morgan fingerprint density at radius 3 is 2.20 bits per heavy atom. The van der Waals surface area contributed by atoms with Crippen LogP contribution in [0.3, 0.4) is 0 Å². The lowest BCUT2D eigenvalue weighted by atomic mass is 9.84. The van der Waals surface area contributed by atoms with E-state index in [1.165, 1.54) is 41.7 Å². The largest absolute Gasteiger partial charge is 0.493 e. The van der Waals surface area contributed by atoms with Crippen molar-refractivity contribution >= 4 is 21.9 Å². The summed E-state index contributed by atoms with van der Waals surface area (Å²) in [7, 11) is -6.10. The van der Waals surface area contributed by atoms with Gasteiger partial charge in [-0.1, -0.05) is 31.9 Å². The highest BCUT2D eigenvalue weighted by molar-refractivity contribution is 7.99. The Kier molecular flexibility index (Phi) is 9.12. The number of halogens is 4. The van der Waals surface area contributed by atoms with E-state index in [4.69, 9.17) is 9.29 Å². The molecule has 4 nitrogen and oxygen atoms in total. The molecule has 1 aromatic rings. The van der Waals surface area contributed by atoms with E-state index in [1.54, 1.807) is 0 Å². The van der Waals surface area contributed by atoms with E-state index in [0.717, 1.165) is 25.2 Å². The second-order valence-corrected chi connectivity index (χ2v) is 12.9. The van der Waals surface area contributed by atoms with E-state index in [2.05, 4.69) is 44.7 Å². The Balaban J connectivity index is 0.000000196. The lowest BCUT2D eigenvalue weighted by Crippen LogP contribution is -2.52. The average molecular weight is 541 g/mol. The first kappa shape index (κ1) is 28.6. The van der Waals surface area contributed by atoms with Crippen LogP contribution in [0.4, 0.5) is 17.6 Å². The molecule has 10 heteroatoms. The SMILES string of the molecule is CCCCOc1c(C)cc(C2CCCS2)cc1C.O=S(=O)(O)C(F)(F)C(F)(F)C1CC2CCC1C2. The predicted molar refractivity (Wildman–Crippen MR) is 131 cm³/mol. The monoisotopic (exact) mass is 540 g/mol. The molecule has 4 rings (SSSR count). The van der Waals surface area contributed by atoms with Gasteiger partial charge < -0.3 is 4.74 Å². The minimum atomic E-state index is -6.10. The van der Waals surface area contributed by atoms with Crippen molar-refractivity contribution in [2.45, 2.75) is 88.6 Å². The number of benzene rings is 1. The number of aryl methyl sites for hydroxylation is 2. The summed E-state index contributed by atoms with van der Waals surface area (Å²) in [5, 5.41) is -4.69. The second kappa shape index (κ2) is 11.2. The lowest BCUT2D eigenvalue weighted by Gasteiger charge is -2.33. The summed E-state index contributed by atoms with van der Waals surface area (Å²) in [6, 6.07) is 4.66. The van der Waals surface area contributed by atoms with Gasteiger partial charge in [-0.05, 0) is 86.7 Å². The number of unbranched alkanes of at least 4 members (excludes halogenated alkanes) is 1. The van der Waals surface area contributed by atoms with Gasteiger partial charge >= 0.3 is 21.3 Å². The van der Waals surface area contributed by atoms with Crippen molar-refractivity contribution in [2.24, 2.45) is 17.8 Å². The average Bonchev–Trinajstić information content (AvgIpc) is 3.54. The third-order valence-corrected chi connectivity index (χ3v) is 9.80. The van der Waals surface area contributed by atoms with Crippen molar-refractivity contribution in [3.63, 3.8) is 0 Å². The van der Waals surface area contributed by atoms with Crippen molar-refractivity contribution in [3.8, 4) is 5.75 Å². The van der Waals surface area contributed by atoms with E-state index in [1.807, 2.05) is 0 Å². The van der Waals surface area contributed by atoms with Crippen LogP contribution < -0.4 is 4.74 Å². The topological polar surface area (TPSA) is 63.6 Å². The van der Waals surface area contributed by atoms with Crippen LogP contribution in [0.15, 0.2) is 12.1 Å². The highest BCUT2D eigenvalue weighted by Gasteiger charge is 2.71. The third kappa shape index (κ3) is 6.12. The molecule has 3 aliphatic rings. The first-order chi connectivity index (χ1) is 16.3. The van der Waals surface area contributed by atoms with Crippen molar-refractivity contribution in [1.82, 2.24) is 0 Å². The third-order valence-electron chi connectivity index (χ3n) is 7.44. The summed E-state index contributed by atoms with van der Waals surface area (Å²) in [6.45, 7) is 7.40. The first-order valence-corrected chi connectivity index (χ1v) is 14.9. The van der Waals surface area contributed by atoms with E-state index < -0.39 is 33.1 Å². The summed E-state index contributed by atoms with van der Waals surface area (Å²) in [6.07, 6.45) is 6.53. The molecule has 2 aliphatic carbocycles. The molecule has 2 bridgehead atoms. The molecular formula is C25H36F4O4S2. The molecule has 1 aliphatic heterocycles.